The number of esters is 1. The van der Waals surface area contributed by atoms with E-state index in [2.05, 4.69) is 16.6 Å². The number of sulfonamides is 1. The molecule has 0 fully saturated rings. The van der Waals surface area contributed by atoms with E-state index in [0.29, 0.717) is 0 Å². The van der Waals surface area contributed by atoms with E-state index in [-0.39, 0.29) is 22.7 Å². The fourth-order valence-electron chi connectivity index (χ4n) is 2.11. The maximum atomic E-state index is 12.4. The summed E-state index contributed by atoms with van der Waals surface area (Å²) in [5.41, 5.74) is 0.179. The Morgan fingerprint density at radius 2 is 1.76 bits per heavy atom. The van der Waals surface area contributed by atoms with Crippen molar-refractivity contribution in [1.29, 1.82) is 0 Å². The summed E-state index contributed by atoms with van der Waals surface area (Å²) in [6, 6.07) is 12.6. The minimum atomic E-state index is -3.82. The molecule has 152 valence electrons. The molecule has 2 rings (SSSR count). The Morgan fingerprint density at radius 3 is 2.45 bits per heavy atom. The second-order valence-electron chi connectivity index (χ2n) is 5.62. The lowest BCUT2D eigenvalue weighted by Crippen LogP contribution is -2.41. The van der Waals surface area contributed by atoms with Gasteiger partial charge in [-0.3, -0.25) is 14.8 Å². The van der Waals surface area contributed by atoms with Crippen LogP contribution in [-0.4, -0.2) is 39.5 Å². The Kier molecular flexibility index (Phi) is 7.49. The topological polar surface area (TPSA) is 131 Å². The van der Waals surface area contributed by atoms with Gasteiger partial charge in [-0.1, -0.05) is 30.3 Å². The van der Waals surface area contributed by atoms with Crippen LogP contribution < -0.4 is 15.4 Å². The van der Waals surface area contributed by atoms with Crippen LogP contribution in [0.2, 0.25) is 0 Å². The van der Waals surface area contributed by atoms with Crippen LogP contribution in [0.25, 0.3) is 0 Å². The van der Waals surface area contributed by atoms with Crippen LogP contribution in [0.5, 0.6) is 0 Å². The number of carbonyl (C=O) groups is 3. The summed E-state index contributed by atoms with van der Waals surface area (Å²) < 4.78 is 31.9. The zero-order chi connectivity index (χ0) is 21.3. The maximum absolute atomic E-state index is 12.4. The summed E-state index contributed by atoms with van der Waals surface area (Å²) in [7, 11) is -3.82. The van der Waals surface area contributed by atoms with Gasteiger partial charge < -0.3 is 10.1 Å². The first-order valence-corrected chi connectivity index (χ1v) is 9.84. The molecule has 0 unspecified atom stereocenters. The van der Waals surface area contributed by atoms with Gasteiger partial charge in [0.15, 0.2) is 6.61 Å². The third-order valence-corrected chi connectivity index (χ3v) is 4.80. The molecule has 3 amide bonds. The molecule has 3 N–H and O–H groups in total. The number of rotatable bonds is 8. The maximum Gasteiger partial charge on any atom is 0.338 e. The molecule has 0 radical (unpaired) electrons. The number of imide groups is 1. The molecule has 0 aliphatic carbocycles. The molecule has 2 aromatic rings. The fraction of sp³-hybridized carbons (Fsp3) is 0.105. The Hall–Kier alpha value is -3.66. The van der Waals surface area contributed by atoms with E-state index >= 15 is 0 Å². The Bertz CT molecular complexity index is 1010. The number of urea groups is 1. The first-order valence-electron chi connectivity index (χ1n) is 8.35. The van der Waals surface area contributed by atoms with Gasteiger partial charge in [0.25, 0.3) is 15.9 Å². The molecular weight excluding hydrogens is 398 g/mol. The van der Waals surface area contributed by atoms with Crippen LogP contribution in [0.3, 0.4) is 0 Å². The highest BCUT2D eigenvalue weighted by molar-refractivity contribution is 7.92. The number of ether oxygens (including phenoxy) is 1. The zero-order valence-electron chi connectivity index (χ0n) is 15.3. The molecule has 0 atom stereocenters. The average Bonchev–Trinajstić information content (AvgIpc) is 2.71. The molecule has 0 spiro atoms. The number of amides is 3. The van der Waals surface area contributed by atoms with Crippen LogP contribution in [-0.2, 0) is 19.6 Å². The quantitative estimate of drug-likeness (QED) is 0.442. The van der Waals surface area contributed by atoms with Crippen LogP contribution in [0.1, 0.15) is 10.4 Å². The van der Waals surface area contributed by atoms with Crippen molar-refractivity contribution in [2.24, 2.45) is 0 Å². The summed E-state index contributed by atoms with van der Waals surface area (Å²) >= 11 is 0. The van der Waals surface area contributed by atoms with Gasteiger partial charge in [0.05, 0.1) is 10.5 Å². The van der Waals surface area contributed by atoms with Crippen molar-refractivity contribution in [3.05, 3.63) is 72.8 Å². The van der Waals surface area contributed by atoms with E-state index < -0.39 is 34.5 Å². The standard InChI is InChI=1S/C19H19N3O6S/c1-2-11-20-19(25)21-17(23)13-28-18(24)14-7-6-8-15(12-14)22-29(26,27)16-9-4-3-5-10-16/h2-10,12,22H,1,11,13H2,(H2,20,21,23,25). The van der Waals surface area contributed by atoms with Crippen molar-refractivity contribution < 1.29 is 27.5 Å². The summed E-state index contributed by atoms with van der Waals surface area (Å²) in [5.74, 6) is -1.67. The van der Waals surface area contributed by atoms with Gasteiger partial charge in [-0.2, -0.15) is 0 Å². The van der Waals surface area contributed by atoms with Gasteiger partial charge in [0.1, 0.15) is 0 Å². The molecule has 2 aromatic carbocycles. The fourth-order valence-corrected chi connectivity index (χ4v) is 3.18. The smallest absolute Gasteiger partial charge is 0.338 e. The number of hydrogen-bond acceptors (Lipinski definition) is 6. The van der Waals surface area contributed by atoms with Crippen LogP contribution in [0, 0.1) is 0 Å². The third kappa shape index (κ3) is 6.78. The number of hydrogen-bond donors (Lipinski definition) is 3. The van der Waals surface area contributed by atoms with E-state index in [1.165, 1.54) is 42.5 Å². The molecule has 29 heavy (non-hydrogen) atoms. The van der Waals surface area contributed by atoms with Gasteiger partial charge >= 0.3 is 12.0 Å². The minimum absolute atomic E-state index is 0.0298. The highest BCUT2D eigenvalue weighted by atomic mass is 32.2. The van der Waals surface area contributed by atoms with Gasteiger partial charge in [0, 0.05) is 12.2 Å². The molecule has 9 nitrogen and oxygen atoms in total. The van der Waals surface area contributed by atoms with Crippen LogP contribution in [0.15, 0.2) is 72.1 Å². The van der Waals surface area contributed by atoms with E-state index in [1.54, 1.807) is 18.2 Å². The predicted molar refractivity (Wildman–Crippen MR) is 106 cm³/mol. The lowest BCUT2D eigenvalue weighted by atomic mass is 10.2. The monoisotopic (exact) mass is 417 g/mol. The lowest BCUT2D eigenvalue weighted by Gasteiger charge is -2.10. The van der Waals surface area contributed by atoms with Crippen LogP contribution in [0.4, 0.5) is 10.5 Å². The summed E-state index contributed by atoms with van der Waals surface area (Å²) in [4.78, 5) is 35.1. The molecule has 0 bridgehead atoms. The molecule has 10 heteroatoms. The highest BCUT2D eigenvalue weighted by Crippen LogP contribution is 2.17. The van der Waals surface area contributed by atoms with E-state index in [0.717, 1.165) is 0 Å². The largest absolute Gasteiger partial charge is 0.452 e. The normalized spacial score (nSPS) is 10.5. The number of carbonyl (C=O) groups excluding carboxylic acids is 3. The Morgan fingerprint density at radius 1 is 1.03 bits per heavy atom. The molecule has 0 saturated carbocycles. The Balaban J connectivity index is 1.96. The highest BCUT2D eigenvalue weighted by Gasteiger charge is 2.16. The van der Waals surface area contributed by atoms with Gasteiger partial charge in [0.2, 0.25) is 0 Å². The molecule has 0 saturated heterocycles. The molecule has 0 aliphatic rings. The Labute approximate surface area is 167 Å². The van der Waals surface area contributed by atoms with Crippen molar-refractivity contribution in [3.8, 4) is 0 Å². The van der Waals surface area contributed by atoms with Crippen molar-refractivity contribution in [1.82, 2.24) is 10.6 Å². The second kappa shape index (κ2) is 10.0. The van der Waals surface area contributed by atoms with E-state index in [1.807, 2.05) is 5.32 Å². The van der Waals surface area contributed by atoms with Crippen LogP contribution >= 0.6 is 0 Å². The molecule has 0 heterocycles. The van der Waals surface area contributed by atoms with Crippen molar-refractivity contribution in [2.75, 3.05) is 17.9 Å². The van der Waals surface area contributed by atoms with Gasteiger partial charge in [-0.05, 0) is 30.3 Å². The zero-order valence-corrected chi connectivity index (χ0v) is 16.1. The average molecular weight is 417 g/mol. The lowest BCUT2D eigenvalue weighted by molar-refractivity contribution is -0.123. The van der Waals surface area contributed by atoms with E-state index in [9.17, 15) is 22.8 Å². The minimum Gasteiger partial charge on any atom is -0.452 e. The van der Waals surface area contributed by atoms with Crippen molar-refractivity contribution in [3.63, 3.8) is 0 Å². The molecular formula is C19H19N3O6S. The van der Waals surface area contributed by atoms with E-state index in [4.69, 9.17) is 4.74 Å². The number of anilines is 1. The van der Waals surface area contributed by atoms with Gasteiger partial charge in [-0.15, -0.1) is 6.58 Å². The number of benzene rings is 2. The van der Waals surface area contributed by atoms with Gasteiger partial charge in [-0.25, -0.2) is 18.0 Å². The second-order valence-corrected chi connectivity index (χ2v) is 7.30. The summed E-state index contributed by atoms with van der Waals surface area (Å²) in [6.45, 7) is 2.90. The predicted octanol–water partition coefficient (Wildman–Crippen LogP) is 1.66. The summed E-state index contributed by atoms with van der Waals surface area (Å²) in [6.07, 6.45) is 1.43. The molecule has 0 aliphatic heterocycles. The van der Waals surface area contributed by atoms with Crippen molar-refractivity contribution in [2.45, 2.75) is 4.90 Å². The number of nitrogens with one attached hydrogen (secondary N) is 3. The SMILES string of the molecule is C=CCNC(=O)NC(=O)COC(=O)c1cccc(NS(=O)(=O)c2ccccc2)c1. The third-order valence-electron chi connectivity index (χ3n) is 3.40. The molecule has 0 aromatic heterocycles. The van der Waals surface area contributed by atoms with Crippen molar-refractivity contribution >= 4 is 33.6 Å². The summed E-state index contributed by atoms with van der Waals surface area (Å²) in [5, 5.41) is 4.31. The first-order chi connectivity index (χ1) is 13.8. The first kappa shape index (κ1) is 21.6.